The van der Waals surface area contributed by atoms with Crippen LogP contribution in [0.2, 0.25) is 0 Å². The van der Waals surface area contributed by atoms with Gasteiger partial charge in [-0.25, -0.2) is 5.84 Å². The molecule has 1 aliphatic rings. The standard InChI is InChI=1S/C11H11F3N2O2/c12-11(13,14)6-1-4-9(18-7-2-3-7)8(5-6)10(17)16-15/h1,4-5,7H,2-3,15H2,(H,16,17). The van der Waals surface area contributed by atoms with Crippen LogP contribution in [0.3, 0.4) is 0 Å². The summed E-state index contributed by atoms with van der Waals surface area (Å²) in [5.41, 5.74) is 0.686. The molecule has 0 unspecified atom stereocenters. The number of carbonyl (C=O) groups is 1. The number of benzene rings is 1. The van der Waals surface area contributed by atoms with Crippen LogP contribution in [0.1, 0.15) is 28.8 Å². The van der Waals surface area contributed by atoms with E-state index in [0.717, 1.165) is 31.0 Å². The molecule has 18 heavy (non-hydrogen) atoms. The fourth-order valence-electron chi connectivity index (χ4n) is 1.43. The van der Waals surface area contributed by atoms with Crippen LogP contribution in [0.4, 0.5) is 13.2 Å². The van der Waals surface area contributed by atoms with Gasteiger partial charge in [-0.1, -0.05) is 0 Å². The number of amides is 1. The predicted molar refractivity (Wildman–Crippen MR) is 56.7 cm³/mol. The van der Waals surface area contributed by atoms with Crippen LogP contribution in [-0.4, -0.2) is 12.0 Å². The van der Waals surface area contributed by atoms with E-state index in [2.05, 4.69) is 0 Å². The van der Waals surface area contributed by atoms with Crippen LogP contribution < -0.4 is 16.0 Å². The molecule has 0 aliphatic heterocycles. The Morgan fingerprint density at radius 2 is 2.06 bits per heavy atom. The van der Waals surface area contributed by atoms with Crippen LogP contribution in [0.15, 0.2) is 18.2 Å². The summed E-state index contributed by atoms with van der Waals surface area (Å²) in [6, 6.07) is 2.76. The molecule has 98 valence electrons. The van der Waals surface area contributed by atoms with Crippen molar-refractivity contribution < 1.29 is 22.7 Å². The fraction of sp³-hybridized carbons (Fsp3) is 0.364. The summed E-state index contributed by atoms with van der Waals surface area (Å²) in [6.07, 6.45) is -2.86. The molecule has 1 amide bonds. The van der Waals surface area contributed by atoms with E-state index in [4.69, 9.17) is 10.6 Å². The van der Waals surface area contributed by atoms with Crippen molar-refractivity contribution in [1.29, 1.82) is 0 Å². The summed E-state index contributed by atoms with van der Waals surface area (Å²) in [5, 5.41) is 0. The van der Waals surface area contributed by atoms with Crippen molar-refractivity contribution in [2.75, 3.05) is 0 Å². The van der Waals surface area contributed by atoms with E-state index in [1.165, 1.54) is 0 Å². The van der Waals surface area contributed by atoms with Gasteiger partial charge in [-0.05, 0) is 31.0 Å². The number of nitrogens with one attached hydrogen (secondary N) is 1. The van der Waals surface area contributed by atoms with Crippen LogP contribution in [0.5, 0.6) is 5.75 Å². The van der Waals surface area contributed by atoms with Crippen molar-refractivity contribution in [3.63, 3.8) is 0 Å². The van der Waals surface area contributed by atoms with Crippen LogP contribution in [-0.2, 0) is 6.18 Å². The Morgan fingerprint density at radius 3 is 2.56 bits per heavy atom. The summed E-state index contributed by atoms with van der Waals surface area (Å²) < 4.78 is 43.0. The molecule has 1 aromatic carbocycles. The van der Waals surface area contributed by atoms with Crippen molar-refractivity contribution in [3.05, 3.63) is 29.3 Å². The van der Waals surface area contributed by atoms with E-state index in [0.29, 0.717) is 0 Å². The lowest BCUT2D eigenvalue weighted by molar-refractivity contribution is -0.137. The number of rotatable bonds is 3. The molecule has 0 saturated heterocycles. The van der Waals surface area contributed by atoms with Gasteiger partial charge < -0.3 is 4.74 Å². The van der Waals surface area contributed by atoms with Gasteiger partial charge in [0.2, 0.25) is 0 Å². The zero-order chi connectivity index (χ0) is 13.3. The molecule has 0 aromatic heterocycles. The molecule has 7 heteroatoms. The van der Waals surface area contributed by atoms with Gasteiger partial charge >= 0.3 is 6.18 Å². The monoisotopic (exact) mass is 260 g/mol. The average Bonchev–Trinajstić information content (AvgIpc) is 3.11. The molecule has 3 N–H and O–H groups in total. The van der Waals surface area contributed by atoms with Crippen molar-refractivity contribution in [1.82, 2.24) is 5.43 Å². The number of nitrogens with two attached hydrogens (primary N) is 1. The van der Waals surface area contributed by atoms with E-state index in [1.54, 1.807) is 0 Å². The molecule has 0 bridgehead atoms. The molecular weight excluding hydrogens is 249 g/mol. The van der Waals surface area contributed by atoms with Gasteiger partial charge in [-0.3, -0.25) is 10.2 Å². The lowest BCUT2D eigenvalue weighted by atomic mass is 10.1. The van der Waals surface area contributed by atoms with Crippen molar-refractivity contribution in [2.24, 2.45) is 5.84 Å². The first-order valence-corrected chi connectivity index (χ1v) is 5.30. The number of carbonyl (C=O) groups excluding carboxylic acids is 1. The van der Waals surface area contributed by atoms with Gasteiger partial charge in [-0.15, -0.1) is 0 Å². The number of alkyl halides is 3. The third-order valence-corrected chi connectivity index (χ3v) is 2.50. The Bertz CT molecular complexity index is 470. The normalized spacial score (nSPS) is 15.3. The third kappa shape index (κ3) is 2.73. The quantitative estimate of drug-likeness (QED) is 0.495. The number of hydrogen-bond acceptors (Lipinski definition) is 3. The van der Waals surface area contributed by atoms with Crippen molar-refractivity contribution in [2.45, 2.75) is 25.1 Å². The maximum absolute atomic E-state index is 12.5. The average molecular weight is 260 g/mol. The minimum atomic E-state index is -4.51. The largest absolute Gasteiger partial charge is 0.490 e. The summed E-state index contributed by atoms with van der Waals surface area (Å²) >= 11 is 0. The van der Waals surface area contributed by atoms with Gasteiger partial charge in [0.25, 0.3) is 5.91 Å². The molecular formula is C11H11F3N2O2. The molecule has 0 heterocycles. The molecule has 0 radical (unpaired) electrons. The van der Waals surface area contributed by atoms with Gasteiger partial charge in [0.05, 0.1) is 17.2 Å². The van der Waals surface area contributed by atoms with Crippen LogP contribution in [0.25, 0.3) is 0 Å². The van der Waals surface area contributed by atoms with Gasteiger partial charge in [0, 0.05) is 0 Å². The van der Waals surface area contributed by atoms with Gasteiger partial charge in [0.15, 0.2) is 0 Å². The summed E-state index contributed by atoms with van der Waals surface area (Å²) in [7, 11) is 0. The van der Waals surface area contributed by atoms with E-state index < -0.39 is 17.6 Å². The second-order valence-corrected chi connectivity index (χ2v) is 4.00. The molecule has 1 saturated carbocycles. The molecule has 1 fully saturated rings. The molecule has 0 atom stereocenters. The molecule has 2 rings (SSSR count). The third-order valence-electron chi connectivity index (χ3n) is 2.50. The Balaban J connectivity index is 2.37. The Morgan fingerprint density at radius 1 is 1.39 bits per heavy atom. The highest BCUT2D eigenvalue weighted by Gasteiger charge is 2.33. The lowest BCUT2D eigenvalue weighted by Gasteiger charge is -2.13. The Hall–Kier alpha value is -1.76. The molecule has 1 aliphatic carbocycles. The first-order chi connectivity index (χ1) is 8.41. The Labute approximate surface area is 101 Å². The number of nitrogen functional groups attached to an aromatic ring is 1. The van der Waals surface area contributed by atoms with Crippen LogP contribution >= 0.6 is 0 Å². The van der Waals surface area contributed by atoms with Crippen molar-refractivity contribution in [3.8, 4) is 5.75 Å². The molecule has 0 spiro atoms. The fourth-order valence-corrected chi connectivity index (χ4v) is 1.43. The van der Waals surface area contributed by atoms with E-state index in [1.807, 2.05) is 5.43 Å². The zero-order valence-electron chi connectivity index (χ0n) is 9.25. The summed E-state index contributed by atoms with van der Waals surface area (Å²) in [4.78, 5) is 11.4. The maximum atomic E-state index is 12.5. The van der Waals surface area contributed by atoms with Crippen molar-refractivity contribution >= 4 is 5.91 Å². The summed E-state index contributed by atoms with van der Waals surface area (Å²) in [6.45, 7) is 0. The first kappa shape index (κ1) is 12.7. The number of halogens is 3. The summed E-state index contributed by atoms with van der Waals surface area (Å²) in [5.74, 6) is 4.25. The first-order valence-electron chi connectivity index (χ1n) is 5.30. The molecule has 1 aromatic rings. The minimum Gasteiger partial charge on any atom is -0.490 e. The second-order valence-electron chi connectivity index (χ2n) is 4.00. The maximum Gasteiger partial charge on any atom is 0.416 e. The SMILES string of the molecule is NNC(=O)c1cc(C(F)(F)F)ccc1OC1CC1. The zero-order valence-corrected chi connectivity index (χ0v) is 9.25. The number of hydrogen-bond donors (Lipinski definition) is 2. The predicted octanol–water partition coefficient (Wildman–Crippen LogP) is 1.85. The second kappa shape index (κ2) is 4.49. The van der Waals surface area contributed by atoms with Gasteiger partial charge in [0.1, 0.15) is 5.75 Å². The molecule has 4 nitrogen and oxygen atoms in total. The van der Waals surface area contributed by atoms with Crippen LogP contribution in [0, 0.1) is 0 Å². The highest BCUT2D eigenvalue weighted by Crippen LogP contribution is 2.34. The lowest BCUT2D eigenvalue weighted by Crippen LogP contribution is -2.30. The smallest absolute Gasteiger partial charge is 0.416 e. The van der Waals surface area contributed by atoms with E-state index in [-0.39, 0.29) is 17.4 Å². The Kier molecular flexibility index (Phi) is 3.16. The van der Waals surface area contributed by atoms with Gasteiger partial charge in [-0.2, -0.15) is 13.2 Å². The minimum absolute atomic E-state index is 0.0222. The van der Waals surface area contributed by atoms with E-state index >= 15 is 0 Å². The van der Waals surface area contributed by atoms with E-state index in [9.17, 15) is 18.0 Å². The number of ether oxygens (including phenoxy) is 1. The number of hydrazine groups is 1. The highest BCUT2D eigenvalue weighted by molar-refractivity contribution is 5.96. The highest BCUT2D eigenvalue weighted by atomic mass is 19.4. The topological polar surface area (TPSA) is 64.3 Å².